The van der Waals surface area contributed by atoms with Gasteiger partial charge in [-0.05, 0) is 24.5 Å². The summed E-state index contributed by atoms with van der Waals surface area (Å²) in [6.45, 7) is 2.23. The van der Waals surface area contributed by atoms with Crippen molar-refractivity contribution in [2.75, 3.05) is 0 Å². The minimum atomic E-state index is -4.35. The zero-order chi connectivity index (χ0) is 16.3. The maximum atomic E-state index is 11.2. The second-order valence-electron chi connectivity index (χ2n) is 5.99. The third-order valence-electron chi connectivity index (χ3n) is 4.04. The first-order valence-corrected chi connectivity index (χ1v) is 10.0. The standard InChI is InChI=1S/C18H30O3S.Cd/c1-2-3-4-5-6-7-8-9-10-11-14-17-15-12-13-16-18(17)22(19,20)21;/h12-13,15-16H,2-11,14H2,1H3,(H,19,20,21);/p-1. The maximum Gasteiger partial charge on any atom is 0.124 e. The van der Waals surface area contributed by atoms with Crippen molar-refractivity contribution < 1.29 is 40.3 Å². The van der Waals surface area contributed by atoms with Crippen molar-refractivity contribution in [1.29, 1.82) is 0 Å². The van der Waals surface area contributed by atoms with Crippen LogP contribution in [-0.4, -0.2) is 13.0 Å². The number of unbranched alkanes of at least 4 members (excludes halogenated alkanes) is 9. The molecule has 1 aromatic rings. The molecule has 3 nitrogen and oxygen atoms in total. The van der Waals surface area contributed by atoms with E-state index in [1.807, 2.05) is 0 Å². The normalized spacial score (nSPS) is 11.2. The van der Waals surface area contributed by atoms with Gasteiger partial charge in [0, 0.05) is 27.3 Å². The minimum absolute atomic E-state index is 0. The first-order chi connectivity index (χ1) is 10.6. The summed E-state index contributed by atoms with van der Waals surface area (Å²) in [5.41, 5.74) is 0.664. The number of benzene rings is 1. The van der Waals surface area contributed by atoms with E-state index in [9.17, 15) is 13.0 Å². The van der Waals surface area contributed by atoms with Gasteiger partial charge < -0.3 is 4.55 Å². The monoisotopic (exact) mass is 439 g/mol. The van der Waals surface area contributed by atoms with Crippen LogP contribution in [0.15, 0.2) is 29.2 Å². The van der Waals surface area contributed by atoms with Gasteiger partial charge >= 0.3 is 0 Å². The van der Waals surface area contributed by atoms with Gasteiger partial charge in [0.1, 0.15) is 10.1 Å². The van der Waals surface area contributed by atoms with E-state index in [1.165, 1.54) is 57.4 Å². The van der Waals surface area contributed by atoms with Crippen molar-refractivity contribution in [1.82, 2.24) is 0 Å². The smallest absolute Gasteiger partial charge is 0.124 e. The van der Waals surface area contributed by atoms with Crippen LogP contribution in [-0.2, 0) is 43.8 Å². The molecular weight excluding hydrogens is 409 g/mol. The van der Waals surface area contributed by atoms with Crippen LogP contribution in [0.2, 0.25) is 0 Å². The van der Waals surface area contributed by atoms with E-state index in [0.717, 1.165) is 12.8 Å². The SMILES string of the molecule is CCCCCCCCCCCCc1ccccc1S(=O)(=O)[O-].[Cd]. The number of rotatable bonds is 12. The second-order valence-corrected chi connectivity index (χ2v) is 7.34. The average molecular weight is 438 g/mol. The number of hydrogen-bond acceptors (Lipinski definition) is 3. The molecule has 0 atom stereocenters. The van der Waals surface area contributed by atoms with Crippen LogP contribution in [0.5, 0.6) is 0 Å². The molecule has 0 saturated carbocycles. The molecule has 5 heteroatoms. The number of aryl methyl sites for hydroxylation is 1. The molecule has 0 aliphatic carbocycles. The summed E-state index contributed by atoms with van der Waals surface area (Å²) in [5.74, 6) is 0. The topological polar surface area (TPSA) is 57.2 Å². The van der Waals surface area contributed by atoms with Crippen molar-refractivity contribution >= 4 is 10.1 Å². The molecule has 0 fully saturated rings. The van der Waals surface area contributed by atoms with E-state index in [4.69, 9.17) is 0 Å². The van der Waals surface area contributed by atoms with Gasteiger partial charge in [0.2, 0.25) is 0 Å². The molecule has 0 bridgehead atoms. The zero-order valence-corrected chi connectivity index (χ0v) is 19.3. The van der Waals surface area contributed by atoms with E-state index in [1.54, 1.807) is 18.2 Å². The van der Waals surface area contributed by atoms with Crippen LogP contribution >= 0.6 is 0 Å². The fraction of sp³-hybridized carbons (Fsp3) is 0.667. The van der Waals surface area contributed by atoms with E-state index >= 15 is 0 Å². The van der Waals surface area contributed by atoms with Gasteiger partial charge in [-0.15, -0.1) is 0 Å². The molecule has 1 aromatic carbocycles. The van der Waals surface area contributed by atoms with Crippen LogP contribution in [0.25, 0.3) is 0 Å². The molecule has 0 aliphatic rings. The van der Waals surface area contributed by atoms with Gasteiger partial charge in [-0.1, -0.05) is 82.9 Å². The van der Waals surface area contributed by atoms with Crippen molar-refractivity contribution in [3.63, 3.8) is 0 Å². The van der Waals surface area contributed by atoms with Gasteiger partial charge in [0.15, 0.2) is 0 Å². The summed E-state index contributed by atoms with van der Waals surface area (Å²) in [5, 5.41) is 0. The van der Waals surface area contributed by atoms with Crippen LogP contribution in [0.1, 0.15) is 76.7 Å². The molecule has 0 aromatic heterocycles. The first-order valence-electron chi connectivity index (χ1n) is 8.59. The Morgan fingerprint density at radius 2 is 1.30 bits per heavy atom. The molecule has 0 heterocycles. The van der Waals surface area contributed by atoms with E-state index < -0.39 is 10.1 Å². The largest absolute Gasteiger partial charge is 0.744 e. The summed E-state index contributed by atoms with van der Waals surface area (Å²) in [6, 6.07) is 6.56. The fourth-order valence-electron chi connectivity index (χ4n) is 2.76. The molecule has 0 N–H and O–H groups in total. The molecule has 0 radical (unpaired) electrons. The molecular formula is C18H29CdO3S-. The van der Waals surface area contributed by atoms with Gasteiger partial charge in [0.05, 0.1) is 4.90 Å². The third-order valence-corrected chi connectivity index (χ3v) is 4.98. The number of hydrogen-bond donors (Lipinski definition) is 0. The molecule has 0 aliphatic heterocycles. The summed E-state index contributed by atoms with van der Waals surface area (Å²) in [7, 11) is -4.35. The Morgan fingerprint density at radius 1 is 0.826 bits per heavy atom. The predicted octanol–water partition coefficient (Wildman–Crippen LogP) is 5.05. The summed E-state index contributed by atoms with van der Waals surface area (Å²) < 4.78 is 33.5. The van der Waals surface area contributed by atoms with Crippen molar-refractivity contribution in [2.24, 2.45) is 0 Å². The molecule has 0 unspecified atom stereocenters. The van der Waals surface area contributed by atoms with Crippen molar-refractivity contribution in [2.45, 2.75) is 82.4 Å². The second kappa shape index (κ2) is 13.4. The van der Waals surface area contributed by atoms with Gasteiger partial charge in [0.25, 0.3) is 0 Å². The van der Waals surface area contributed by atoms with Crippen molar-refractivity contribution in [3.05, 3.63) is 29.8 Å². The molecule has 128 valence electrons. The minimum Gasteiger partial charge on any atom is -0.744 e. The first kappa shape index (κ1) is 23.1. The Bertz CT molecular complexity index is 515. The predicted molar refractivity (Wildman–Crippen MR) is 90.0 cm³/mol. The summed E-state index contributed by atoms with van der Waals surface area (Å²) in [4.78, 5) is -0.0501. The fourth-order valence-corrected chi connectivity index (χ4v) is 3.49. The Balaban J connectivity index is 0.00000484. The molecule has 23 heavy (non-hydrogen) atoms. The quantitative estimate of drug-likeness (QED) is 0.261. The Morgan fingerprint density at radius 3 is 1.83 bits per heavy atom. The van der Waals surface area contributed by atoms with Crippen LogP contribution in [0.4, 0.5) is 0 Å². The van der Waals surface area contributed by atoms with Crippen LogP contribution in [0, 0.1) is 0 Å². The zero-order valence-electron chi connectivity index (χ0n) is 14.4. The van der Waals surface area contributed by atoms with Gasteiger partial charge in [-0.2, -0.15) is 0 Å². The Hall–Kier alpha value is 0.0521. The summed E-state index contributed by atoms with van der Waals surface area (Å²) >= 11 is 0. The van der Waals surface area contributed by atoms with Crippen molar-refractivity contribution in [3.8, 4) is 0 Å². The van der Waals surface area contributed by atoms with E-state index in [0.29, 0.717) is 12.0 Å². The van der Waals surface area contributed by atoms with Crippen LogP contribution in [0.3, 0.4) is 0 Å². The van der Waals surface area contributed by atoms with E-state index in [-0.39, 0.29) is 32.2 Å². The molecule has 0 amide bonds. The van der Waals surface area contributed by atoms with Gasteiger partial charge in [-0.3, -0.25) is 0 Å². The average Bonchev–Trinajstić information content (AvgIpc) is 2.48. The Labute approximate surface area is 162 Å². The maximum absolute atomic E-state index is 11.2. The summed E-state index contributed by atoms with van der Waals surface area (Å²) in [6.07, 6.45) is 13.2. The van der Waals surface area contributed by atoms with Crippen LogP contribution < -0.4 is 0 Å². The molecule has 0 saturated heterocycles. The van der Waals surface area contributed by atoms with Gasteiger partial charge in [-0.25, -0.2) is 8.42 Å². The Kier molecular flexibility index (Phi) is 13.4. The third kappa shape index (κ3) is 10.5. The molecule has 1 rings (SSSR count). The molecule has 0 spiro atoms. The van der Waals surface area contributed by atoms with E-state index in [2.05, 4.69) is 6.92 Å².